The monoisotopic (exact) mass is 367 g/mol. The average molecular weight is 367 g/mol. The van der Waals surface area contributed by atoms with Crippen LogP contribution in [0.5, 0.6) is 11.6 Å². The second-order valence-corrected chi connectivity index (χ2v) is 7.29. The molecule has 144 valence electrons. The largest absolute Gasteiger partial charge is 0.439 e. The number of benzene rings is 1. The minimum atomic E-state index is -0.495. The number of hydrogen-bond acceptors (Lipinski definition) is 4. The number of hydrogen-bond donors (Lipinski definition) is 2. The number of carbonyl (C=O) groups excluding carboxylic acids is 1. The van der Waals surface area contributed by atoms with Crippen LogP contribution in [0.25, 0.3) is 0 Å². The van der Waals surface area contributed by atoms with Crippen LogP contribution in [-0.2, 0) is 6.42 Å². The van der Waals surface area contributed by atoms with Gasteiger partial charge in [0.05, 0.1) is 5.56 Å². The maximum Gasteiger partial charge on any atom is 0.250 e. The molecule has 5 nitrogen and oxygen atoms in total. The molecule has 1 aliphatic rings. The lowest BCUT2D eigenvalue weighted by Crippen LogP contribution is -2.21. The van der Waals surface area contributed by atoms with Gasteiger partial charge >= 0.3 is 0 Å². The first kappa shape index (κ1) is 19.4. The zero-order chi connectivity index (χ0) is 18.9. The van der Waals surface area contributed by atoms with Crippen LogP contribution < -0.4 is 15.8 Å². The van der Waals surface area contributed by atoms with Gasteiger partial charge in [-0.1, -0.05) is 44.2 Å². The third kappa shape index (κ3) is 6.36. The maximum absolute atomic E-state index is 11.1. The fourth-order valence-electron chi connectivity index (χ4n) is 3.57. The Morgan fingerprint density at radius 3 is 2.52 bits per heavy atom. The average Bonchev–Trinajstić information content (AvgIpc) is 2.70. The topological polar surface area (TPSA) is 77.2 Å². The Morgan fingerprint density at radius 2 is 1.85 bits per heavy atom. The van der Waals surface area contributed by atoms with Crippen LogP contribution in [0, 0.1) is 5.92 Å². The standard InChI is InChI=1S/C22H29N3O2/c23-22(26)19-8-11-21(25-16-19)27-20-9-6-18(7-10-20)13-15-24-14-12-17-4-2-1-3-5-17/h6-11,16-17,24H,1-5,12-15H2,(H2,23,26). The number of primary amides is 1. The van der Waals surface area contributed by atoms with E-state index in [0.717, 1.165) is 31.2 Å². The normalized spacial score (nSPS) is 14.8. The number of pyridine rings is 1. The first-order valence-corrected chi connectivity index (χ1v) is 9.94. The van der Waals surface area contributed by atoms with E-state index in [9.17, 15) is 4.79 Å². The number of ether oxygens (including phenoxy) is 1. The molecule has 0 unspecified atom stereocenters. The quantitative estimate of drug-likeness (QED) is 0.655. The molecule has 1 aromatic heterocycles. The maximum atomic E-state index is 11.1. The number of carbonyl (C=O) groups is 1. The van der Waals surface area contributed by atoms with Gasteiger partial charge in [0.2, 0.25) is 11.8 Å². The molecule has 2 aromatic rings. The molecular weight excluding hydrogens is 338 g/mol. The van der Waals surface area contributed by atoms with Crippen molar-refractivity contribution in [2.24, 2.45) is 11.7 Å². The van der Waals surface area contributed by atoms with Gasteiger partial charge in [-0.05, 0) is 55.6 Å². The van der Waals surface area contributed by atoms with E-state index in [2.05, 4.69) is 22.4 Å². The van der Waals surface area contributed by atoms with E-state index in [1.54, 1.807) is 12.1 Å². The molecule has 0 saturated heterocycles. The molecule has 1 amide bonds. The Labute approximate surface area is 161 Å². The van der Waals surface area contributed by atoms with Crippen LogP contribution in [0.15, 0.2) is 42.6 Å². The van der Waals surface area contributed by atoms with E-state index in [4.69, 9.17) is 10.5 Å². The molecule has 0 bridgehead atoms. The highest BCUT2D eigenvalue weighted by Crippen LogP contribution is 2.25. The van der Waals surface area contributed by atoms with Gasteiger partial charge in [0.15, 0.2) is 0 Å². The van der Waals surface area contributed by atoms with E-state index < -0.39 is 5.91 Å². The van der Waals surface area contributed by atoms with E-state index in [1.165, 1.54) is 50.3 Å². The van der Waals surface area contributed by atoms with E-state index >= 15 is 0 Å². The zero-order valence-electron chi connectivity index (χ0n) is 15.8. The highest BCUT2D eigenvalue weighted by molar-refractivity contribution is 5.92. The summed E-state index contributed by atoms with van der Waals surface area (Å²) >= 11 is 0. The van der Waals surface area contributed by atoms with Gasteiger partial charge in [0, 0.05) is 12.3 Å². The summed E-state index contributed by atoms with van der Waals surface area (Å²) in [6.45, 7) is 2.13. The van der Waals surface area contributed by atoms with Crippen molar-refractivity contribution in [3.63, 3.8) is 0 Å². The SMILES string of the molecule is NC(=O)c1ccc(Oc2ccc(CCNCCC3CCCCC3)cc2)nc1. The summed E-state index contributed by atoms with van der Waals surface area (Å²) in [6, 6.07) is 11.3. The minimum Gasteiger partial charge on any atom is -0.439 e. The number of amides is 1. The molecule has 0 aliphatic heterocycles. The van der Waals surface area contributed by atoms with Crippen LogP contribution in [0.2, 0.25) is 0 Å². The third-order valence-corrected chi connectivity index (χ3v) is 5.21. The molecule has 27 heavy (non-hydrogen) atoms. The lowest BCUT2D eigenvalue weighted by molar-refractivity contribution is 0.1000. The lowest BCUT2D eigenvalue weighted by atomic mass is 9.87. The van der Waals surface area contributed by atoms with E-state index in [0.29, 0.717) is 11.4 Å². The zero-order valence-corrected chi connectivity index (χ0v) is 15.8. The van der Waals surface area contributed by atoms with Crippen molar-refractivity contribution in [1.82, 2.24) is 10.3 Å². The van der Waals surface area contributed by atoms with Crippen molar-refractivity contribution < 1.29 is 9.53 Å². The number of nitrogens with two attached hydrogens (primary N) is 1. The smallest absolute Gasteiger partial charge is 0.250 e. The minimum absolute atomic E-state index is 0.369. The van der Waals surface area contributed by atoms with Crippen LogP contribution in [0.3, 0.4) is 0 Å². The second kappa shape index (κ2) is 10.1. The van der Waals surface area contributed by atoms with Crippen LogP contribution in [-0.4, -0.2) is 24.0 Å². The second-order valence-electron chi connectivity index (χ2n) is 7.29. The summed E-state index contributed by atoms with van der Waals surface area (Å²) < 4.78 is 5.70. The van der Waals surface area contributed by atoms with Crippen LogP contribution >= 0.6 is 0 Å². The molecule has 3 N–H and O–H groups in total. The van der Waals surface area contributed by atoms with Gasteiger partial charge in [0.1, 0.15) is 5.75 Å². The summed E-state index contributed by atoms with van der Waals surface area (Å²) in [6.07, 6.45) is 10.9. The molecule has 0 radical (unpaired) electrons. The van der Waals surface area contributed by atoms with Crippen LogP contribution in [0.1, 0.15) is 54.4 Å². The van der Waals surface area contributed by atoms with Crippen molar-refractivity contribution >= 4 is 5.91 Å². The summed E-state index contributed by atoms with van der Waals surface area (Å²) in [5.74, 6) is 1.61. The molecular formula is C22H29N3O2. The summed E-state index contributed by atoms with van der Waals surface area (Å²) in [7, 11) is 0. The Balaban J connectivity index is 1.37. The van der Waals surface area contributed by atoms with E-state index in [-0.39, 0.29) is 0 Å². The van der Waals surface area contributed by atoms with Crippen molar-refractivity contribution in [3.05, 3.63) is 53.7 Å². The predicted octanol–water partition coefficient (Wildman–Crippen LogP) is 4.08. The number of nitrogens with one attached hydrogen (secondary N) is 1. The van der Waals surface area contributed by atoms with Crippen molar-refractivity contribution in [2.75, 3.05) is 13.1 Å². The molecule has 0 atom stereocenters. The van der Waals surface area contributed by atoms with Crippen LogP contribution in [0.4, 0.5) is 0 Å². The Kier molecular flexibility index (Phi) is 7.22. The summed E-state index contributed by atoms with van der Waals surface area (Å²) in [5, 5.41) is 3.57. The van der Waals surface area contributed by atoms with Gasteiger partial charge < -0.3 is 15.8 Å². The molecule has 1 aliphatic carbocycles. The van der Waals surface area contributed by atoms with E-state index in [1.807, 2.05) is 12.1 Å². The van der Waals surface area contributed by atoms with Gasteiger partial charge in [-0.2, -0.15) is 0 Å². The third-order valence-electron chi connectivity index (χ3n) is 5.21. The number of aromatic nitrogens is 1. The van der Waals surface area contributed by atoms with Gasteiger partial charge in [-0.15, -0.1) is 0 Å². The fourth-order valence-corrected chi connectivity index (χ4v) is 3.57. The molecule has 5 heteroatoms. The van der Waals surface area contributed by atoms with Crippen molar-refractivity contribution in [3.8, 4) is 11.6 Å². The highest BCUT2D eigenvalue weighted by Gasteiger charge is 2.12. The molecule has 1 saturated carbocycles. The first-order chi connectivity index (χ1) is 13.2. The summed E-state index contributed by atoms with van der Waals surface area (Å²) in [4.78, 5) is 15.1. The molecule has 1 fully saturated rings. The first-order valence-electron chi connectivity index (χ1n) is 9.94. The Bertz CT molecular complexity index is 707. The fraction of sp³-hybridized carbons (Fsp3) is 0.455. The highest BCUT2D eigenvalue weighted by atomic mass is 16.5. The van der Waals surface area contributed by atoms with Gasteiger partial charge in [-0.3, -0.25) is 4.79 Å². The predicted molar refractivity (Wildman–Crippen MR) is 107 cm³/mol. The molecule has 1 heterocycles. The number of rotatable bonds is 9. The molecule has 1 aromatic carbocycles. The summed E-state index contributed by atoms with van der Waals surface area (Å²) in [5.41, 5.74) is 6.86. The molecule has 3 rings (SSSR count). The van der Waals surface area contributed by atoms with Gasteiger partial charge in [-0.25, -0.2) is 4.98 Å². The van der Waals surface area contributed by atoms with Crippen molar-refractivity contribution in [2.45, 2.75) is 44.9 Å². The molecule has 0 spiro atoms. The van der Waals surface area contributed by atoms with Gasteiger partial charge in [0.25, 0.3) is 0 Å². The lowest BCUT2D eigenvalue weighted by Gasteiger charge is -2.21. The van der Waals surface area contributed by atoms with Crippen molar-refractivity contribution in [1.29, 1.82) is 0 Å². The Morgan fingerprint density at radius 1 is 1.07 bits per heavy atom. The number of nitrogens with zero attached hydrogens (tertiary/aromatic N) is 1. The Hall–Kier alpha value is -2.40.